The topological polar surface area (TPSA) is 48.6 Å². The van der Waals surface area contributed by atoms with Gasteiger partial charge in [-0.1, -0.05) is 24.3 Å². The van der Waals surface area contributed by atoms with Crippen LogP contribution in [0.1, 0.15) is 29.7 Å². The van der Waals surface area contributed by atoms with E-state index in [-0.39, 0.29) is 5.43 Å². The van der Waals surface area contributed by atoms with Crippen LogP contribution in [0.15, 0.2) is 41.3 Å². The number of aromatic nitrogens is 1. The minimum Gasteiger partial charge on any atom is -0.491 e. The van der Waals surface area contributed by atoms with Crippen molar-refractivity contribution in [3.05, 3.63) is 63.6 Å². The second kappa shape index (κ2) is 7.37. The standard InChI is InChI=1S/C23H29N3O2/c1-28-23-11-24-19(10-22(23)27)14-25-12-16-6-7-20(25)15-26(13-16)21-8-17-4-2-3-5-18(17)9-21/h2-5,10-11,16,20-21H,6-9,12-15H2,1H3,(H,24,27)/t16-,20-/m1/s1. The van der Waals surface area contributed by atoms with Gasteiger partial charge in [0.1, 0.15) is 0 Å². The molecular formula is C23H29N3O2. The molecule has 4 aliphatic rings. The van der Waals surface area contributed by atoms with Gasteiger partial charge in [-0.3, -0.25) is 14.6 Å². The molecule has 1 aromatic carbocycles. The highest BCUT2D eigenvalue weighted by Gasteiger charge is 2.38. The predicted molar refractivity (Wildman–Crippen MR) is 110 cm³/mol. The lowest BCUT2D eigenvalue weighted by Crippen LogP contribution is -2.45. The first-order chi connectivity index (χ1) is 13.7. The zero-order chi connectivity index (χ0) is 19.1. The molecular weight excluding hydrogens is 350 g/mol. The third-order valence-electron chi connectivity index (χ3n) is 6.93. The van der Waals surface area contributed by atoms with Crippen LogP contribution in [0, 0.1) is 5.92 Å². The van der Waals surface area contributed by atoms with Crippen LogP contribution >= 0.6 is 0 Å². The largest absolute Gasteiger partial charge is 0.491 e. The summed E-state index contributed by atoms with van der Waals surface area (Å²) >= 11 is 0. The second-order valence-corrected chi connectivity index (χ2v) is 8.70. The van der Waals surface area contributed by atoms with Crippen LogP contribution in [0.2, 0.25) is 0 Å². The molecule has 5 heteroatoms. The summed E-state index contributed by atoms with van der Waals surface area (Å²) in [6.45, 7) is 4.31. The molecule has 4 heterocycles. The molecule has 148 valence electrons. The maximum absolute atomic E-state index is 12.1. The lowest BCUT2D eigenvalue weighted by Gasteiger charge is -2.36. The van der Waals surface area contributed by atoms with Gasteiger partial charge in [0.05, 0.1) is 7.11 Å². The van der Waals surface area contributed by atoms with Gasteiger partial charge in [0.25, 0.3) is 0 Å². The van der Waals surface area contributed by atoms with E-state index in [0.717, 1.165) is 31.2 Å². The molecule has 2 bridgehead atoms. The van der Waals surface area contributed by atoms with Gasteiger partial charge in [-0.05, 0) is 42.7 Å². The van der Waals surface area contributed by atoms with Gasteiger partial charge in [-0.25, -0.2) is 0 Å². The zero-order valence-electron chi connectivity index (χ0n) is 16.6. The molecule has 6 rings (SSSR count). The Morgan fingerprint density at radius 2 is 1.86 bits per heavy atom. The van der Waals surface area contributed by atoms with E-state index in [1.807, 2.05) is 0 Å². The van der Waals surface area contributed by atoms with Gasteiger partial charge in [0.15, 0.2) is 5.75 Å². The average molecular weight is 380 g/mol. The molecule has 2 aromatic rings. The van der Waals surface area contributed by atoms with Crippen molar-refractivity contribution in [1.29, 1.82) is 0 Å². The Kier molecular flexibility index (Phi) is 4.73. The minimum atomic E-state index is -0.0402. The van der Waals surface area contributed by atoms with E-state index in [1.165, 1.54) is 50.5 Å². The molecule has 5 nitrogen and oxygen atoms in total. The highest BCUT2D eigenvalue weighted by atomic mass is 16.5. The number of hydrogen-bond donors (Lipinski definition) is 1. The normalized spacial score (nSPS) is 25.6. The quantitative estimate of drug-likeness (QED) is 0.887. The predicted octanol–water partition coefficient (Wildman–Crippen LogP) is 2.45. The number of aromatic amines is 1. The summed E-state index contributed by atoms with van der Waals surface area (Å²) in [5.74, 6) is 1.11. The summed E-state index contributed by atoms with van der Waals surface area (Å²) in [6, 6.07) is 11.9. The van der Waals surface area contributed by atoms with Gasteiger partial charge < -0.3 is 9.72 Å². The summed E-state index contributed by atoms with van der Waals surface area (Å²) < 4.78 is 5.09. The van der Waals surface area contributed by atoms with E-state index in [2.05, 4.69) is 39.0 Å². The monoisotopic (exact) mass is 379 g/mol. The smallest absolute Gasteiger partial charge is 0.223 e. The SMILES string of the molecule is COc1c[nH]c(CN2C[C@H]3CC[C@@H]2CN(C2Cc4ccccc4C2)C3)cc1=O. The number of nitrogens with one attached hydrogen (secondary N) is 1. The Balaban J connectivity index is 1.29. The van der Waals surface area contributed by atoms with Crippen molar-refractivity contribution in [3.8, 4) is 5.75 Å². The molecule has 0 unspecified atom stereocenters. The summed E-state index contributed by atoms with van der Waals surface area (Å²) in [5, 5.41) is 0. The lowest BCUT2D eigenvalue weighted by molar-refractivity contribution is 0.119. The van der Waals surface area contributed by atoms with Crippen LogP contribution in [0.25, 0.3) is 0 Å². The number of methoxy groups -OCH3 is 1. The van der Waals surface area contributed by atoms with Crippen molar-refractivity contribution < 1.29 is 4.74 Å². The Labute approximate surface area is 166 Å². The highest BCUT2D eigenvalue weighted by molar-refractivity contribution is 5.33. The summed E-state index contributed by atoms with van der Waals surface area (Å²) in [4.78, 5) is 20.7. The van der Waals surface area contributed by atoms with Crippen LogP contribution in [-0.2, 0) is 19.4 Å². The average Bonchev–Trinajstić information content (AvgIpc) is 2.93. The number of nitrogens with zero attached hydrogens (tertiary/aromatic N) is 2. The van der Waals surface area contributed by atoms with Crippen molar-refractivity contribution in [2.24, 2.45) is 5.92 Å². The Bertz CT molecular complexity index is 884. The lowest BCUT2D eigenvalue weighted by atomic mass is 9.95. The van der Waals surface area contributed by atoms with Gasteiger partial charge in [-0.2, -0.15) is 0 Å². The fraction of sp³-hybridized carbons (Fsp3) is 0.522. The second-order valence-electron chi connectivity index (χ2n) is 8.70. The number of pyridine rings is 1. The van der Waals surface area contributed by atoms with E-state index >= 15 is 0 Å². The number of hydrogen-bond acceptors (Lipinski definition) is 4. The van der Waals surface area contributed by atoms with Crippen molar-refractivity contribution >= 4 is 0 Å². The Hall–Kier alpha value is -2.11. The van der Waals surface area contributed by atoms with Crippen molar-refractivity contribution in [2.75, 3.05) is 26.7 Å². The third kappa shape index (κ3) is 3.38. The zero-order valence-corrected chi connectivity index (χ0v) is 16.6. The molecule has 1 aliphatic carbocycles. The first kappa shape index (κ1) is 18.0. The molecule has 28 heavy (non-hydrogen) atoms. The minimum absolute atomic E-state index is 0.0402. The maximum atomic E-state index is 12.1. The number of rotatable bonds is 4. The van der Waals surface area contributed by atoms with Crippen LogP contribution < -0.4 is 10.2 Å². The number of fused-ring (bicyclic) bond motifs is 5. The van der Waals surface area contributed by atoms with Gasteiger partial charge in [0.2, 0.25) is 5.43 Å². The summed E-state index contributed by atoms with van der Waals surface area (Å²) in [5.41, 5.74) is 4.02. The fourth-order valence-corrected chi connectivity index (χ4v) is 5.47. The van der Waals surface area contributed by atoms with E-state index < -0.39 is 0 Å². The van der Waals surface area contributed by atoms with Gasteiger partial charge in [-0.15, -0.1) is 0 Å². The number of benzene rings is 1. The molecule has 0 amide bonds. The van der Waals surface area contributed by atoms with Gasteiger partial charge >= 0.3 is 0 Å². The molecule has 1 aromatic heterocycles. The molecule has 3 aliphatic heterocycles. The van der Waals surface area contributed by atoms with E-state index in [0.29, 0.717) is 17.8 Å². The number of H-pyrrole nitrogens is 1. The molecule has 3 fully saturated rings. The molecule has 2 atom stereocenters. The first-order valence-electron chi connectivity index (χ1n) is 10.5. The summed E-state index contributed by atoms with van der Waals surface area (Å²) in [7, 11) is 1.54. The van der Waals surface area contributed by atoms with Crippen LogP contribution in [0.3, 0.4) is 0 Å². The first-order valence-corrected chi connectivity index (χ1v) is 10.5. The van der Waals surface area contributed by atoms with E-state index in [4.69, 9.17) is 4.74 Å². The third-order valence-corrected chi connectivity index (χ3v) is 6.93. The molecule has 3 saturated heterocycles. The Morgan fingerprint density at radius 1 is 1.07 bits per heavy atom. The van der Waals surface area contributed by atoms with Crippen LogP contribution in [0.5, 0.6) is 5.75 Å². The fourth-order valence-electron chi connectivity index (χ4n) is 5.47. The summed E-state index contributed by atoms with van der Waals surface area (Å²) in [6.07, 6.45) is 6.68. The molecule has 0 spiro atoms. The van der Waals surface area contributed by atoms with Gasteiger partial charge in [0, 0.05) is 56.2 Å². The molecule has 0 saturated carbocycles. The van der Waals surface area contributed by atoms with E-state index in [9.17, 15) is 4.79 Å². The highest BCUT2D eigenvalue weighted by Crippen LogP contribution is 2.33. The van der Waals surface area contributed by atoms with Crippen LogP contribution in [0.4, 0.5) is 0 Å². The van der Waals surface area contributed by atoms with Crippen molar-refractivity contribution in [3.63, 3.8) is 0 Å². The molecule has 1 N–H and O–H groups in total. The maximum Gasteiger partial charge on any atom is 0.223 e. The van der Waals surface area contributed by atoms with Crippen LogP contribution in [-0.4, -0.2) is 53.6 Å². The number of ether oxygens (including phenoxy) is 1. The van der Waals surface area contributed by atoms with Crippen molar-refractivity contribution in [2.45, 2.75) is 44.3 Å². The Morgan fingerprint density at radius 3 is 2.57 bits per heavy atom. The molecule has 0 radical (unpaired) electrons. The number of piperidine rings is 1. The van der Waals surface area contributed by atoms with Crippen molar-refractivity contribution in [1.82, 2.24) is 14.8 Å². The van der Waals surface area contributed by atoms with E-state index in [1.54, 1.807) is 12.3 Å².